The molecule has 1 aliphatic carbocycles. The van der Waals surface area contributed by atoms with Gasteiger partial charge in [-0.3, -0.25) is 14.0 Å². The number of benzene rings is 2. The fourth-order valence-corrected chi connectivity index (χ4v) is 4.18. The van der Waals surface area contributed by atoms with E-state index in [0.29, 0.717) is 22.4 Å². The molecule has 2 aromatic carbocycles. The highest BCUT2D eigenvalue weighted by molar-refractivity contribution is 7.99. The zero-order valence-corrected chi connectivity index (χ0v) is 16.6. The lowest BCUT2D eigenvalue weighted by Crippen LogP contribution is -2.27. The van der Waals surface area contributed by atoms with E-state index < -0.39 is 0 Å². The van der Waals surface area contributed by atoms with Gasteiger partial charge >= 0.3 is 0 Å². The number of amides is 1. The van der Waals surface area contributed by atoms with Crippen molar-refractivity contribution >= 4 is 34.3 Å². The second-order valence-electron chi connectivity index (χ2n) is 7.19. The van der Waals surface area contributed by atoms with Crippen LogP contribution in [0.2, 0.25) is 0 Å². The van der Waals surface area contributed by atoms with Crippen molar-refractivity contribution in [3.8, 4) is 5.69 Å². The van der Waals surface area contributed by atoms with Gasteiger partial charge in [0, 0.05) is 6.04 Å². The smallest absolute Gasteiger partial charge is 0.267 e. The van der Waals surface area contributed by atoms with Crippen molar-refractivity contribution in [3.05, 3.63) is 64.4 Å². The van der Waals surface area contributed by atoms with Crippen molar-refractivity contribution in [3.63, 3.8) is 0 Å². The first-order valence-electron chi connectivity index (χ1n) is 9.50. The summed E-state index contributed by atoms with van der Waals surface area (Å²) in [5.41, 5.74) is 2.32. The van der Waals surface area contributed by atoms with E-state index in [2.05, 4.69) is 15.5 Å². The summed E-state index contributed by atoms with van der Waals surface area (Å²) in [6.07, 6.45) is 2.11. The molecule has 0 spiro atoms. The maximum atomic E-state index is 13.3. The predicted octanol–water partition coefficient (Wildman–Crippen LogP) is 2.71. The van der Waals surface area contributed by atoms with Crippen LogP contribution in [0.5, 0.6) is 0 Å². The highest BCUT2D eigenvalue weighted by Gasteiger charge is 2.24. The number of aromatic nitrogens is 4. The van der Waals surface area contributed by atoms with Gasteiger partial charge in [0.05, 0.1) is 22.3 Å². The van der Waals surface area contributed by atoms with Crippen LogP contribution in [0.25, 0.3) is 22.4 Å². The van der Waals surface area contributed by atoms with Crippen LogP contribution in [0.4, 0.5) is 0 Å². The Morgan fingerprint density at radius 3 is 2.69 bits per heavy atom. The third kappa shape index (κ3) is 3.19. The van der Waals surface area contributed by atoms with E-state index >= 15 is 0 Å². The molecule has 2 aromatic heterocycles. The normalized spacial score (nSPS) is 13.8. The maximum Gasteiger partial charge on any atom is 0.267 e. The zero-order chi connectivity index (χ0) is 20.0. The Balaban J connectivity index is 1.68. The zero-order valence-electron chi connectivity index (χ0n) is 15.8. The van der Waals surface area contributed by atoms with Crippen molar-refractivity contribution in [2.45, 2.75) is 31.0 Å². The summed E-state index contributed by atoms with van der Waals surface area (Å²) < 4.78 is 3.46. The minimum atomic E-state index is -0.141. The Kier molecular flexibility index (Phi) is 4.35. The lowest BCUT2D eigenvalue weighted by atomic mass is 10.2. The Morgan fingerprint density at radius 1 is 1.14 bits per heavy atom. The standard InChI is InChI=1S/C21H19N5O2S/c1-13-6-2-4-8-16(13)25-19(28)15-7-3-5-9-17(15)26-20(25)23-24-21(26)29-12-18(27)22-14-10-11-14/h2-9,14H,10-12H2,1H3,(H,22,27). The summed E-state index contributed by atoms with van der Waals surface area (Å²) >= 11 is 1.33. The molecule has 5 rings (SSSR count). The molecule has 146 valence electrons. The number of rotatable bonds is 5. The minimum absolute atomic E-state index is 0.00854. The van der Waals surface area contributed by atoms with Crippen LogP contribution in [0.1, 0.15) is 18.4 Å². The van der Waals surface area contributed by atoms with Gasteiger partial charge in [-0.2, -0.15) is 0 Å². The highest BCUT2D eigenvalue weighted by Crippen LogP contribution is 2.24. The Bertz CT molecular complexity index is 1310. The monoisotopic (exact) mass is 405 g/mol. The van der Waals surface area contributed by atoms with Crippen molar-refractivity contribution in [1.82, 2.24) is 24.5 Å². The molecule has 0 bridgehead atoms. The largest absolute Gasteiger partial charge is 0.353 e. The van der Waals surface area contributed by atoms with Gasteiger partial charge in [-0.1, -0.05) is 42.1 Å². The molecule has 1 fully saturated rings. The highest BCUT2D eigenvalue weighted by atomic mass is 32.2. The van der Waals surface area contributed by atoms with E-state index in [0.717, 1.165) is 29.6 Å². The molecular formula is C21H19N5O2S. The molecule has 4 aromatic rings. The molecule has 8 heteroatoms. The first-order chi connectivity index (χ1) is 14.1. The molecular weight excluding hydrogens is 386 g/mol. The third-order valence-corrected chi connectivity index (χ3v) is 5.95. The summed E-state index contributed by atoms with van der Waals surface area (Å²) in [6, 6.07) is 15.4. The van der Waals surface area contributed by atoms with Gasteiger partial charge in [-0.25, -0.2) is 4.57 Å². The number of fused-ring (bicyclic) bond motifs is 3. The fourth-order valence-electron chi connectivity index (χ4n) is 3.43. The first kappa shape index (κ1) is 17.9. The molecule has 1 aliphatic rings. The fraction of sp³-hybridized carbons (Fsp3) is 0.238. The van der Waals surface area contributed by atoms with Crippen molar-refractivity contribution in [2.24, 2.45) is 0 Å². The molecule has 29 heavy (non-hydrogen) atoms. The van der Waals surface area contributed by atoms with E-state index in [1.807, 2.05) is 53.8 Å². The van der Waals surface area contributed by atoms with Crippen LogP contribution in [-0.2, 0) is 4.79 Å². The molecule has 2 heterocycles. The molecule has 1 N–H and O–H groups in total. The maximum absolute atomic E-state index is 13.3. The molecule has 0 atom stereocenters. The second-order valence-corrected chi connectivity index (χ2v) is 8.14. The van der Waals surface area contributed by atoms with Crippen LogP contribution in [0, 0.1) is 6.92 Å². The van der Waals surface area contributed by atoms with E-state index in [1.165, 1.54) is 11.8 Å². The quantitative estimate of drug-likeness (QED) is 0.517. The number of hydrogen-bond acceptors (Lipinski definition) is 5. The minimum Gasteiger partial charge on any atom is -0.353 e. The lowest BCUT2D eigenvalue weighted by Gasteiger charge is -2.13. The second kappa shape index (κ2) is 7.04. The SMILES string of the molecule is Cc1ccccc1-n1c(=O)c2ccccc2n2c(SCC(=O)NC3CC3)nnc12. The Hall–Kier alpha value is -3.13. The number of nitrogens with one attached hydrogen (secondary N) is 1. The van der Waals surface area contributed by atoms with Gasteiger partial charge in [0.15, 0.2) is 5.16 Å². The summed E-state index contributed by atoms with van der Waals surface area (Å²) in [5.74, 6) is 0.689. The van der Waals surface area contributed by atoms with Gasteiger partial charge in [-0.15, -0.1) is 10.2 Å². The van der Waals surface area contributed by atoms with Crippen LogP contribution in [0.15, 0.2) is 58.5 Å². The van der Waals surface area contributed by atoms with Gasteiger partial charge in [-0.05, 0) is 43.5 Å². The summed E-state index contributed by atoms with van der Waals surface area (Å²) in [4.78, 5) is 25.4. The third-order valence-electron chi connectivity index (χ3n) is 5.03. The van der Waals surface area contributed by atoms with Crippen molar-refractivity contribution < 1.29 is 4.79 Å². The van der Waals surface area contributed by atoms with Gasteiger partial charge in [0.2, 0.25) is 11.7 Å². The first-order valence-corrected chi connectivity index (χ1v) is 10.5. The number of para-hydroxylation sites is 2. The lowest BCUT2D eigenvalue weighted by molar-refractivity contribution is -0.118. The van der Waals surface area contributed by atoms with Crippen LogP contribution in [-0.4, -0.2) is 36.9 Å². The van der Waals surface area contributed by atoms with Gasteiger partial charge in [0.1, 0.15) is 0 Å². The number of aryl methyl sites for hydroxylation is 1. The number of carbonyl (C=O) groups is 1. The topological polar surface area (TPSA) is 81.3 Å². The van der Waals surface area contributed by atoms with Crippen LogP contribution >= 0.6 is 11.8 Å². The molecule has 1 saturated carbocycles. The molecule has 0 saturated heterocycles. The van der Waals surface area contributed by atoms with Crippen molar-refractivity contribution in [1.29, 1.82) is 0 Å². The average molecular weight is 405 g/mol. The molecule has 7 nitrogen and oxygen atoms in total. The summed E-state index contributed by atoms with van der Waals surface area (Å²) in [5, 5.41) is 12.8. The average Bonchev–Trinajstić information content (AvgIpc) is 3.44. The van der Waals surface area contributed by atoms with Gasteiger partial charge in [0.25, 0.3) is 5.56 Å². The number of hydrogen-bond donors (Lipinski definition) is 1. The van der Waals surface area contributed by atoms with Crippen molar-refractivity contribution in [2.75, 3.05) is 5.75 Å². The summed E-state index contributed by atoms with van der Waals surface area (Å²) in [6.45, 7) is 1.96. The van der Waals surface area contributed by atoms with E-state index in [-0.39, 0.29) is 17.2 Å². The van der Waals surface area contributed by atoms with Crippen LogP contribution < -0.4 is 10.9 Å². The molecule has 0 aliphatic heterocycles. The Labute approximate surface area is 170 Å². The van der Waals surface area contributed by atoms with E-state index in [9.17, 15) is 9.59 Å². The Morgan fingerprint density at radius 2 is 1.90 bits per heavy atom. The van der Waals surface area contributed by atoms with E-state index in [4.69, 9.17) is 0 Å². The predicted molar refractivity (Wildman–Crippen MR) is 113 cm³/mol. The molecule has 0 radical (unpaired) electrons. The molecule has 0 unspecified atom stereocenters. The number of nitrogens with zero attached hydrogens (tertiary/aromatic N) is 4. The van der Waals surface area contributed by atoms with Crippen LogP contribution in [0.3, 0.4) is 0 Å². The molecule has 1 amide bonds. The number of thioether (sulfide) groups is 1. The van der Waals surface area contributed by atoms with Gasteiger partial charge < -0.3 is 5.32 Å². The summed E-state index contributed by atoms with van der Waals surface area (Å²) in [7, 11) is 0. The number of carbonyl (C=O) groups excluding carboxylic acids is 1. The van der Waals surface area contributed by atoms with E-state index in [1.54, 1.807) is 10.6 Å².